The molecule has 0 amide bonds. The van der Waals surface area contributed by atoms with E-state index in [-0.39, 0.29) is 11.3 Å². The van der Waals surface area contributed by atoms with Crippen LogP contribution >= 0.6 is 11.8 Å². The van der Waals surface area contributed by atoms with Crippen molar-refractivity contribution in [3.8, 4) is 0 Å². The van der Waals surface area contributed by atoms with Crippen LogP contribution in [0.25, 0.3) is 0 Å². The summed E-state index contributed by atoms with van der Waals surface area (Å²) in [6, 6.07) is 3.54. The Morgan fingerprint density at radius 1 is 1.39 bits per heavy atom. The van der Waals surface area contributed by atoms with Gasteiger partial charge in [-0.25, -0.2) is 8.78 Å². The summed E-state index contributed by atoms with van der Waals surface area (Å²) in [7, 11) is 1.90. The molecule has 23 heavy (non-hydrogen) atoms. The third-order valence-corrected chi connectivity index (χ3v) is 5.41. The second kappa shape index (κ2) is 6.86. The van der Waals surface area contributed by atoms with E-state index < -0.39 is 17.2 Å². The van der Waals surface area contributed by atoms with Crippen LogP contribution in [0.5, 0.6) is 0 Å². The maximum absolute atomic E-state index is 13.5. The highest BCUT2D eigenvalue weighted by atomic mass is 32.2. The molecule has 1 aliphatic rings. The summed E-state index contributed by atoms with van der Waals surface area (Å²) in [5.74, 6) is -0.488. The minimum absolute atomic E-state index is 0.119. The summed E-state index contributed by atoms with van der Waals surface area (Å²) in [4.78, 5) is 11.5. The van der Waals surface area contributed by atoms with Gasteiger partial charge in [-0.1, -0.05) is 25.6 Å². The number of aliphatic imine (C=N–C) groups is 2. The van der Waals surface area contributed by atoms with Crippen molar-refractivity contribution < 1.29 is 8.78 Å². The molecule has 0 saturated heterocycles. The van der Waals surface area contributed by atoms with Crippen LogP contribution in [0.3, 0.4) is 0 Å². The summed E-state index contributed by atoms with van der Waals surface area (Å²) >= 11 is 1.39. The summed E-state index contributed by atoms with van der Waals surface area (Å²) in [6.45, 7) is 6.30. The molecule has 4 nitrogen and oxygen atoms in total. The predicted molar refractivity (Wildman–Crippen MR) is 92.0 cm³/mol. The highest BCUT2D eigenvalue weighted by Gasteiger charge is 2.47. The molecule has 2 N–H and O–H groups in total. The number of nitrogens with zero attached hydrogens (tertiary/aromatic N) is 3. The minimum atomic E-state index is -0.583. The van der Waals surface area contributed by atoms with Crippen molar-refractivity contribution in [3.63, 3.8) is 0 Å². The molecule has 126 valence electrons. The van der Waals surface area contributed by atoms with Crippen LogP contribution in [0.2, 0.25) is 0 Å². The zero-order valence-corrected chi connectivity index (χ0v) is 14.6. The van der Waals surface area contributed by atoms with E-state index in [0.717, 1.165) is 6.07 Å². The van der Waals surface area contributed by atoms with Crippen LogP contribution in [-0.2, 0) is 0 Å². The van der Waals surface area contributed by atoms with Crippen molar-refractivity contribution in [1.82, 2.24) is 4.90 Å². The van der Waals surface area contributed by atoms with Gasteiger partial charge in [-0.2, -0.15) is 0 Å². The van der Waals surface area contributed by atoms with Gasteiger partial charge in [0.2, 0.25) is 0 Å². The van der Waals surface area contributed by atoms with Crippen molar-refractivity contribution in [2.75, 3.05) is 13.6 Å². The normalized spacial score (nSPS) is 24.7. The molecule has 0 bridgehead atoms. The van der Waals surface area contributed by atoms with Crippen molar-refractivity contribution in [2.24, 2.45) is 21.6 Å². The van der Waals surface area contributed by atoms with Gasteiger partial charge in [0.15, 0.2) is 0 Å². The van der Waals surface area contributed by atoms with Gasteiger partial charge in [0.05, 0.1) is 18.7 Å². The Morgan fingerprint density at radius 3 is 2.52 bits per heavy atom. The highest BCUT2D eigenvalue weighted by molar-refractivity contribution is 8.00. The monoisotopic (exact) mass is 340 g/mol. The van der Waals surface area contributed by atoms with E-state index in [9.17, 15) is 8.78 Å². The van der Waals surface area contributed by atoms with Gasteiger partial charge in [0.1, 0.15) is 22.5 Å². The van der Waals surface area contributed by atoms with Crippen LogP contribution in [0.1, 0.15) is 20.8 Å². The van der Waals surface area contributed by atoms with Crippen molar-refractivity contribution >= 4 is 23.9 Å². The molecule has 0 saturated carbocycles. The third kappa shape index (κ3) is 3.83. The van der Waals surface area contributed by atoms with E-state index in [1.807, 2.05) is 11.9 Å². The highest BCUT2D eigenvalue weighted by Crippen LogP contribution is 2.42. The fourth-order valence-electron chi connectivity index (χ4n) is 2.57. The van der Waals surface area contributed by atoms with Crippen LogP contribution < -0.4 is 5.73 Å². The summed E-state index contributed by atoms with van der Waals surface area (Å²) < 4.78 is 26.9. The quantitative estimate of drug-likeness (QED) is 0.662. The van der Waals surface area contributed by atoms with Gasteiger partial charge >= 0.3 is 0 Å². The first-order valence-electron chi connectivity index (χ1n) is 7.41. The number of hydrogen-bond donors (Lipinski definition) is 1. The smallest absolute Gasteiger partial charge is 0.127 e. The van der Waals surface area contributed by atoms with E-state index in [1.165, 1.54) is 23.9 Å². The average molecular weight is 340 g/mol. The molecular formula is C16H22F2N4S. The zero-order valence-electron chi connectivity index (χ0n) is 13.8. The number of amidine groups is 1. The second-order valence-corrected chi connectivity index (χ2v) is 7.24. The molecule has 2 unspecified atom stereocenters. The zero-order chi connectivity index (χ0) is 17.2. The molecule has 1 heterocycles. The van der Waals surface area contributed by atoms with Crippen molar-refractivity contribution in [2.45, 2.75) is 36.6 Å². The third-order valence-electron chi connectivity index (χ3n) is 3.94. The first kappa shape index (κ1) is 17.7. The Balaban J connectivity index is 2.34. The lowest BCUT2D eigenvalue weighted by Gasteiger charge is -2.37. The van der Waals surface area contributed by atoms with Crippen LogP contribution in [0.15, 0.2) is 33.1 Å². The fraction of sp³-hybridized carbons (Fsp3) is 0.500. The fourth-order valence-corrected chi connectivity index (χ4v) is 4.02. The summed E-state index contributed by atoms with van der Waals surface area (Å²) in [5, 5.41) is -0.119. The number of likely N-dealkylation sites (N-methyl/N-ethyl adjacent to an activating group) is 1. The molecule has 1 aliphatic heterocycles. The molecule has 2 rings (SSSR count). The Hall–Kier alpha value is -1.63. The standard InChI is InChI=1S/C16H22F2N4S/c1-10(2)16(8-20-11(3)19)15(22(4)9-21-16)23-14-6-12(17)5-13(18)7-14/h5-7,9-10,15H,8H2,1-4H3,(H2,19,20). The molecule has 0 radical (unpaired) electrons. The van der Waals surface area contributed by atoms with E-state index in [0.29, 0.717) is 17.3 Å². The number of hydrogen-bond acceptors (Lipinski definition) is 4. The maximum atomic E-state index is 13.5. The average Bonchev–Trinajstić information content (AvgIpc) is 2.74. The first-order valence-corrected chi connectivity index (χ1v) is 8.29. The largest absolute Gasteiger partial charge is 0.388 e. The lowest BCUT2D eigenvalue weighted by molar-refractivity contribution is 0.271. The molecule has 0 spiro atoms. The first-order chi connectivity index (χ1) is 10.7. The second-order valence-electron chi connectivity index (χ2n) is 6.09. The molecule has 2 atom stereocenters. The lowest BCUT2D eigenvalue weighted by Crippen LogP contribution is -2.48. The Morgan fingerprint density at radius 2 is 2.00 bits per heavy atom. The molecule has 0 aromatic heterocycles. The predicted octanol–water partition coefficient (Wildman–Crippen LogP) is 3.13. The number of thioether (sulfide) groups is 1. The summed E-state index contributed by atoms with van der Waals surface area (Å²) in [5.41, 5.74) is 5.18. The van der Waals surface area contributed by atoms with E-state index in [4.69, 9.17) is 5.73 Å². The van der Waals surface area contributed by atoms with Crippen LogP contribution in [0.4, 0.5) is 8.78 Å². The SMILES string of the molecule is CC(N)=NCC1(C(C)C)N=CN(C)C1Sc1cc(F)cc(F)c1. The van der Waals surface area contributed by atoms with Gasteiger partial charge in [-0.3, -0.25) is 9.98 Å². The van der Waals surface area contributed by atoms with Gasteiger partial charge in [0, 0.05) is 18.0 Å². The number of nitrogens with two attached hydrogens (primary N) is 1. The molecule has 1 aromatic rings. The van der Waals surface area contributed by atoms with E-state index >= 15 is 0 Å². The number of rotatable bonds is 5. The molecule has 7 heteroatoms. The number of benzene rings is 1. The van der Waals surface area contributed by atoms with Crippen molar-refractivity contribution in [3.05, 3.63) is 29.8 Å². The van der Waals surface area contributed by atoms with Gasteiger partial charge in [-0.15, -0.1) is 0 Å². The maximum Gasteiger partial charge on any atom is 0.127 e. The lowest BCUT2D eigenvalue weighted by atomic mass is 9.87. The Labute approximate surface area is 139 Å². The van der Waals surface area contributed by atoms with Crippen molar-refractivity contribution in [1.29, 1.82) is 0 Å². The van der Waals surface area contributed by atoms with Gasteiger partial charge in [-0.05, 0) is 25.0 Å². The van der Waals surface area contributed by atoms with Gasteiger partial charge in [0.25, 0.3) is 0 Å². The van der Waals surface area contributed by atoms with Crippen LogP contribution in [0, 0.1) is 17.6 Å². The summed E-state index contributed by atoms with van der Waals surface area (Å²) in [6.07, 6.45) is 1.76. The van der Waals surface area contributed by atoms with E-state index in [1.54, 1.807) is 13.3 Å². The number of halogens is 2. The van der Waals surface area contributed by atoms with Crippen LogP contribution in [-0.4, -0.2) is 41.6 Å². The minimum Gasteiger partial charge on any atom is -0.388 e. The van der Waals surface area contributed by atoms with E-state index in [2.05, 4.69) is 23.8 Å². The topological polar surface area (TPSA) is 54.0 Å². The molecule has 0 fully saturated rings. The Kier molecular flexibility index (Phi) is 5.29. The Bertz CT molecular complexity index is 608. The molecule has 1 aromatic carbocycles. The molecular weight excluding hydrogens is 318 g/mol. The van der Waals surface area contributed by atoms with Gasteiger partial charge < -0.3 is 10.6 Å². The molecule has 0 aliphatic carbocycles.